The number of benzene rings is 4. The van der Waals surface area contributed by atoms with Crippen molar-refractivity contribution in [3.63, 3.8) is 0 Å². The number of nitrogen functional groups attached to an aromatic ring is 1. The number of pyridine rings is 2. The third kappa shape index (κ3) is 17.5. The maximum absolute atomic E-state index is 13.8. The number of halogens is 6. The SMILES string of the molecule is CCN1CCN(Cc2cc(C(=O)O)cc(C(F)(F)F)c2)CC1.Cc1ccc(N)cc1Oc1ccc2nc(NC(=O)C3CC3)sc2n1.Cc1ccc(NC(=O)c2cc(CN3CCN(C)CC3)cc(C(F)(F)F)c2)cc1Oc1ccc2nc(NC(=O)C3CC3)sc2n1. The first kappa shape index (κ1) is 64.6. The van der Waals surface area contributed by atoms with Gasteiger partial charge in [0.1, 0.15) is 32.2 Å². The van der Waals surface area contributed by atoms with Gasteiger partial charge < -0.3 is 46.1 Å². The number of amides is 3. The molecule has 6 N–H and O–H groups in total. The van der Waals surface area contributed by atoms with Crippen LogP contribution in [0.2, 0.25) is 0 Å². The van der Waals surface area contributed by atoms with E-state index in [4.69, 9.17) is 20.3 Å². The van der Waals surface area contributed by atoms with E-state index in [1.54, 1.807) is 42.5 Å². The number of anilines is 4. The number of aromatic carboxylic acids is 1. The number of nitrogens with zero attached hydrogens (tertiary/aromatic N) is 8. The van der Waals surface area contributed by atoms with Crippen LogP contribution in [0.1, 0.15) is 86.7 Å². The van der Waals surface area contributed by atoms with Crippen LogP contribution in [-0.4, -0.2) is 134 Å². The molecule has 8 aromatic rings. The number of fused-ring (bicyclic) bond motifs is 2. The van der Waals surface area contributed by atoms with Gasteiger partial charge in [-0.1, -0.05) is 41.7 Å². The Balaban J connectivity index is 0.000000163. The van der Waals surface area contributed by atoms with E-state index < -0.39 is 35.4 Å². The Morgan fingerprint density at radius 1 is 0.578 bits per heavy atom. The molecule has 4 fully saturated rings. The van der Waals surface area contributed by atoms with Gasteiger partial charge in [-0.05, 0) is 136 Å². The van der Waals surface area contributed by atoms with Gasteiger partial charge in [-0.2, -0.15) is 26.3 Å². The first-order valence-corrected chi connectivity index (χ1v) is 30.8. The standard InChI is InChI=1S/C31H31F3N6O3S.C17H16N4O2S.C15H19F3N2O2/c1-18-3-6-23(16-25(18)43-26-8-7-24-29(37-26)44-30(36-24)38-27(41)20-4-5-20)35-28(42)21-13-19(14-22(15-21)31(32,33)34)17-40-11-9-39(2)10-12-40;1-9-2-5-11(18)8-13(9)23-14-7-6-12-16(20-14)24-17(19-12)21-15(22)10-3-4-10;1-2-19-3-5-20(6-4-19)10-11-7-12(14(21)22)9-13(8-11)15(16,17)18/h3,6-8,13-16,20H,4-5,9-12,17H2,1-2H3,(H,35,42)(H,36,38,41);2,5-8,10H,3-4,18H2,1H3,(H,19,21,22);7-9H,2-6,10H2,1H3,(H,21,22). The van der Waals surface area contributed by atoms with Gasteiger partial charge in [0.05, 0.1) is 16.7 Å². The molecule has 2 aliphatic carbocycles. The van der Waals surface area contributed by atoms with E-state index in [1.807, 2.05) is 44.0 Å². The van der Waals surface area contributed by atoms with Crippen molar-refractivity contribution in [3.05, 3.63) is 142 Å². The third-order valence-electron chi connectivity index (χ3n) is 15.4. The Morgan fingerprint density at radius 2 is 1.03 bits per heavy atom. The molecule has 19 nitrogen and oxygen atoms in total. The maximum Gasteiger partial charge on any atom is 0.416 e. The van der Waals surface area contributed by atoms with E-state index in [1.165, 1.54) is 34.8 Å². The maximum atomic E-state index is 13.8. The summed E-state index contributed by atoms with van der Waals surface area (Å²) >= 11 is 2.59. The predicted octanol–water partition coefficient (Wildman–Crippen LogP) is 12.4. The number of likely N-dealkylation sites (N-methyl/N-ethyl adjacent to an activating group) is 2. The van der Waals surface area contributed by atoms with Gasteiger partial charge in [0, 0.05) is 118 Å². The van der Waals surface area contributed by atoms with E-state index in [2.05, 4.69) is 57.5 Å². The summed E-state index contributed by atoms with van der Waals surface area (Å²) in [6, 6.07) is 24.1. The van der Waals surface area contributed by atoms with Gasteiger partial charge in [-0.3, -0.25) is 24.2 Å². The van der Waals surface area contributed by atoms with Crippen molar-refractivity contribution >= 4 is 88.7 Å². The van der Waals surface area contributed by atoms with E-state index in [0.29, 0.717) is 85.5 Å². The van der Waals surface area contributed by atoms with Crippen molar-refractivity contribution < 1.29 is 60.1 Å². The molecule has 0 atom stereocenters. The second-order valence-electron chi connectivity index (χ2n) is 22.6. The topological polar surface area (TPSA) is 234 Å². The molecule has 4 aromatic heterocycles. The Morgan fingerprint density at radius 3 is 1.51 bits per heavy atom. The number of rotatable bonds is 16. The molecule has 0 spiro atoms. The van der Waals surface area contributed by atoms with Crippen LogP contribution in [0.4, 0.5) is 48.0 Å². The molecule has 6 heterocycles. The number of piperazine rings is 2. The van der Waals surface area contributed by atoms with Gasteiger partial charge in [-0.25, -0.2) is 24.7 Å². The average Bonchev–Trinajstić information content (AvgIpc) is 1.86. The van der Waals surface area contributed by atoms with Gasteiger partial charge in [0.15, 0.2) is 10.3 Å². The molecule has 2 saturated carbocycles. The molecule has 0 radical (unpaired) electrons. The minimum absolute atomic E-state index is 0.0357. The first-order valence-electron chi connectivity index (χ1n) is 29.2. The molecule has 2 aliphatic heterocycles. The number of hydrogen-bond donors (Lipinski definition) is 5. The van der Waals surface area contributed by atoms with Crippen LogP contribution in [0, 0.1) is 25.7 Å². The monoisotopic (exact) mass is 1280 g/mol. The Labute approximate surface area is 522 Å². The number of aryl methyl sites for hydroxylation is 2. The number of carbonyl (C=O) groups is 4. The zero-order chi connectivity index (χ0) is 64.0. The highest BCUT2D eigenvalue weighted by Crippen LogP contribution is 2.37. The number of nitrogens with two attached hydrogens (primary N) is 1. The summed E-state index contributed by atoms with van der Waals surface area (Å²) in [4.78, 5) is 75.8. The predicted molar refractivity (Wildman–Crippen MR) is 332 cm³/mol. The number of thiazole rings is 2. The van der Waals surface area contributed by atoms with E-state index in [9.17, 15) is 45.5 Å². The Kier molecular flexibility index (Phi) is 20.0. The minimum Gasteiger partial charge on any atom is -0.478 e. The molecule has 12 rings (SSSR count). The fraction of sp³-hybridized carbons (Fsp3) is 0.365. The molecule has 3 amide bonds. The molecule has 4 aromatic carbocycles. The van der Waals surface area contributed by atoms with Crippen LogP contribution in [0.5, 0.6) is 23.3 Å². The van der Waals surface area contributed by atoms with Crippen LogP contribution in [0.25, 0.3) is 20.7 Å². The Hall–Kier alpha value is -8.34. The van der Waals surface area contributed by atoms with Crippen LogP contribution in [0.15, 0.2) is 97.1 Å². The van der Waals surface area contributed by atoms with Gasteiger partial charge >= 0.3 is 18.3 Å². The normalized spacial score (nSPS) is 15.9. The van der Waals surface area contributed by atoms with Crippen molar-refractivity contribution in [2.24, 2.45) is 11.8 Å². The van der Waals surface area contributed by atoms with E-state index >= 15 is 0 Å². The summed E-state index contributed by atoms with van der Waals surface area (Å²) in [5.74, 6) is 0.0673. The van der Waals surface area contributed by atoms with Crippen molar-refractivity contribution in [1.82, 2.24) is 39.5 Å². The van der Waals surface area contributed by atoms with Crippen molar-refractivity contribution in [2.45, 2.75) is 71.9 Å². The number of nitrogens with one attached hydrogen (secondary N) is 3. The zero-order valence-corrected chi connectivity index (χ0v) is 51.3. The minimum atomic E-state index is -4.59. The number of alkyl halides is 6. The van der Waals surface area contributed by atoms with Crippen molar-refractivity contribution in [3.8, 4) is 23.3 Å². The molecule has 90 heavy (non-hydrogen) atoms. The van der Waals surface area contributed by atoms with E-state index in [0.717, 1.165) is 124 Å². The lowest BCUT2D eigenvalue weighted by atomic mass is 10.0. The van der Waals surface area contributed by atoms with E-state index in [-0.39, 0.29) is 34.8 Å². The number of carboxylic acid groups (broad SMARTS) is 1. The van der Waals surface area contributed by atoms with Gasteiger partial charge in [0.25, 0.3) is 5.91 Å². The third-order valence-corrected chi connectivity index (χ3v) is 17.1. The van der Waals surface area contributed by atoms with Crippen LogP contribution < -0.4 is 31.2 Å². The highest BCUT2D eigenvalue weighted by molar-refractivity contribution is 7.22. The molecule has 474 valence electrons. The fourth-order valence-corrected chi connectivity index (χ4v) is 11.5. The molecule has 27 heteroatoms. The lowest BCUT2D eigenvalue weighted by molar-refractivity contribution is -0.138. The molecular weight excluding hydrogens is 1210 g/mol. The summed E-state index contributed by atoms with van der Waals surface area (Å²) in [6.45, 7) is 13.9. The number of hydrogen-bond acceptors (Lipinski definition) is 17. The first-order chi connectivity index (χ1) is 42.9. The molecule has 4 aliphatic rings. The summed E-state index contributed by atoms with van der Waals surface area (Å²) in [5, 5.41) is 18.4. The van der Waals surface area contributed by atoms with Crippen LogP contribution >= 0.6 is 22.7 Å². The second-order valence-corrected chi connectivity index (χ2v) is 24.6. The highest BCUT2D eigenvalue weighted by Gasteiger charge is 2.35. The molecule has 0 bridgehead atoms. The summed E-state index contributed by atoms with van der Waals surface area (Å²) < 4.78 is 91.8. The lowest BCUT2D eigenvalue weighted by Gasteiger charge is -2.34. The van der Waals surface area contributed by atoms with Crippen LogP contribution in [-0.2, 0) is 35.0 Å². The largest absolute Gasteiger partial charge is 0.478 e. The molecule has 2 saturated heterocycles. The number of aromatic nitrogens is 4. The van der Waals surface area contributed by atoms with Gasteiger partial charge in [0.2, 0.25) is 23.6 Å². The fourth-order valence-electron chi connectivity index (χ4n) is 9.80. The Bertz CT molecular complexity index is 3930. The number of carbonyl (C=O) groups excluding carboxylic acids is 3. The summed E-state index contributed by atoms with van der Waals surface area (Å²) in [6.07, 6.45) is -5.42. The molecule has 0 unspecified atom stereocenters. The van der Waals surface area contributed by atoms with Crippen molar-refractivity contribution in [1.29, 1.82) is 0 Å². The van der Waals surface area contributed by atoms with Crippen molar-refractivity contribution in [2.75, 3.05) is 87.6 Å². The number of carboxylic acids is 1. The lowest BCUT2D eigenvalue weighted by Crippen LogP contribution is -2.45. The van der Waals surface area contributed by atoms with Gasteiger partial charge in [-0.15, -0.1) is 0 Å². The smallest absolute Gasteiger partial charge is 0.416 e. The molecular formula is C63H66F6N12O7S2. The second kappa shape index (κ2) is 27.8. The summed E-state index contributed by atoms with van der Waals surface area (Å²) in [5.41, 5.74) is 8.56. The average molecular weight is 1280 g/mol. The summed E-state index contributed by atoms with van der Waals surface area (Å²) in [7, 11) is 2.01. The number of ether oxygens (including phenoxy) is 2. The highest BCUT2D eigenvalue weighted by atomic mass is 32.1. The zero-order valence-electron chi connectivity index (χ0n) is 49.6. The quantitative estimate of drug-likeness (QED) is 0.0447. The van der Waals surface area contributed by atoms with Crippen LogP contribution in [0.3, 0.4) is 0 Å².